The number of amides is 1. The number of carbonyl (C=O) groups excluding carboxylic acids is 1. The second-order valence-corrected chi connectivity index (χ2v) is 5.78. The predicted molar refractivity (Wildman–Crippen MR) is 93.5 cm³/mol. The van der Waals surface area contributed by atoms with Crippen LogP contribution in [0.4, 0.5) is 11.4 Å². The van der Waals surface area contributed by atoms with Crippen molar-refractivity contribution in [3.05, 3.63) is 83.4 Å². The molecule has 0 aromatic heterocycles. The van der Waals surface area contributed by atoms with Crippen LogP contribution in [-0.2, 0) is 6.42 Å². The fourth-order valence-electron chi connectivity index (χ4n) is 3.06. The lowest BCUT2D eigenvalue weighted by atomic mass is 10.1. The Morgan fingerprint density at radius 1 is 0.870 bits per heavy atom. The minimum Gasteiger partial charge on any atom is -0.399 e. The van der Waals surface area contributed by atoms with E-state index in [0.29, 0.717) is 11.3 Å². The third-order valence-corrected chi connectivity index (χ3v) is 4.22. The maximum absolute atomic E-state index is 12.3. The number of nitrogens with two attached hydrogens (primary N) is 1. The zero-order chi connectivity index (χ0) is 15.8. The van der Waals surface area contributed by atoms with Crippen LogP contribution in [-0.4, -0.2) is 5.91 Å². The predicted octanol–water partition coefficient (Wildman–Crippen LogP) is 4.09. The van der Waals surface area contributed by atoms with Crippen molar-refractivity contribution >= 4 is 17.3 Å². The van der Waals surface area contributed by atoms with Crippen LogP contribution in [0, 0.1) is 0 Å². The van der Waals surface area contributed by atoms with Crippen molar-refractivity contribution in [2.45, 2.75) is 6.42 Å². The van der Waals surface area contributed by atoms with Gasteiger partial charge in [0.05, 0.1) is 0 Å². The number of rotatable bonds is 2. The topological polar surface area (TPSA) is 55.1 Å². The van der Waals surface area contributed by atoms with E-state index in [4.69, 9.17) is 5.73 Å². The molecule has 4 rings (SSSR count). The van der Waals surface area contributed by atoms with E-state index < -0.39 is 0 Å². The molecule has 1 aliphatic rings. The number of carbonyl (C=O) groups is 1. The number of anilines is 2. The van der Waals surface area contributed by atoms with E-state index in [1.165, 1.54) is 22.3 Å². The molecule has 0 spiro atoms. The van der Waals surface area contributed by atoms with Gasteiger partial charge in [-0.25, -0.2) is 0 Å². The molecule has 0 saturated carbocycles. The van der Waals surface area contributed by atoms with Crippen molar-refractivity contribution < 1.29 is 4.79 Å². The molecular formula is C20H16N2O. The van der Waals surface area contributed by atoms with Crippen LogP contribution in [0.25, 0.3) is 11.1 Å². The summed E-state index contributed by atoms with van der Waals surface area (Å²) in [6.45, 7) is 0. The zero-order valence-corrected chi connectivity index (χ0v) is 12.5. The lowest BCUT2D eigenvalue weighted by Gasteiger charge is -2.08. The number of benzene rings is 3. The molecule has 1 aliphatic carbocycles. The number of hydrogen-bond donors (Lipinski definition) is 2. The molecule has 1 amide bonds. The highest BCUT2D eigenvalue weighted by Gasteiger charge is 2.18. The summed E-state index contributed by atoms with van der Waals surface area (Å²) in [7, 11) is 0. The van der Waals surface area contributed by atoms with Crippen LogP contribution in [0.5, 0.6) is 0 Å². The van der Waals surface area contributed by atoms with E-state index in [1.807, 2.05) is 6.07 Å². The maximum atomic E-state index is 12.3. The van der Waals surface area contributed by atoms with Gasteiger partial charge in [0.2, 0.25) is 0 Å². The summed E-state index contributed by atoms with van der Waals surface area (Å²) >= 11 is 0. The van der Waals surface area contributed by atoms with E-state index in [9.17, 15) is 4.79 Å². The Kier molecular flexibility index (Phi) is 3.12. The second kappa shape index (κ2) is 5.29. The minimum atomic E-state index is -0.125. The molecule has 3 N–H and O–H groups in total. The van der Waals surface area contributed by atoms with Crippen molar-refractivity contribution in [1.29, 1.82) is 0 Å². The Morgan fingerprint density at radius 2 is 1.61 bits per heavy atom. The van der Waals surface area contributed by atoms with Crippen LogP contribution < -0.4 is 11.1 Å². The largest absolute Gasteiger partial charge is 0.399 e. The number of fused-ring (bicyclic) bond motifs is 3. The SMILES string of the molecule is Nc1ccc(C(=O)Nc2ccc3c(c2)Cc2ccccc2-3)cc1. The van der Waals surface area contributed by atoms with Gasteiger partial charge < -0.3 is 11.1 Å². The first-order valence-electron chi connectivity index (χ1n) is 7.59. The standard InChI is InChI=1S/C20H16N2O/c21-16-7-5-13(6-8-16)20(23)22-17-9-10-19-15(12-17)11-14-3-1-2-4-18(14)19/h1-10,12H,11,21H2,(H,22,23). The van der Waals surface area contributed by atoms with Crippen LogP contribution in [0.15, 0.2) is 66.7 Å². The molecule has 0 atom stereocenters. The highest BCUT2D eigenvalue weighted by Crippen LogP contribution is 2.37. The van der Waals surface area contributed by atoms with Crippen molar-refractivity contribution in [2.75, 3.05) is 11.1 Å². The second-order valence-electron chi connectivity index (χ2n) is 5.78. The van der Waals surface area contributed by atoms with Gasteiger partial charge in [-0.05, 0) is 65.1 Å². The highest BCUT2D eigenvalue weighted by atomic mass is 16.1. The molecule has 23 heavy (non-hydrogen) atoms. The molecule has 0 bridgehead atoms. The Morgan fingerprint density at radius 3 is 2.43 bits per heavy atom. The van der Waals surface area contributed by atoms with Gasteiger partial charge in [-0.1, -0.05) is 30.3 Å². The van der Waals surface area contributed by atoms with Gasteiger partial charge in [0.15, 0.2) is 0 Å². The molecule has 3 aromatic rings. The Balaban J connectivity index is 1.59. The summed E-state index contributed by atoms with van der Waals surface area (Å²) < 4.78 is 0. The Labute approximate surface area is 134 Å². The quantitative estimate of drug-likeness (QED) is 0.548. The smallest absolute Gasteiger partial charge is 0.255 e. The van der Waals surface area contributed by atoms with Crippen molar-refractivity contribution in [3.8, 4) is 11.1 Å². The average molecular weight is 300 g/mol. The first-order chi connectivity index (χ1) is 11.2. The maximum Gasteiger partial charge on any atom is 0.255 e. The summed E-state index contributed by atoms with van der Waals surface area (Å²) in [5.74, 6) is -0.125. The molecule has 0 unspecified atom stereocenters. The number of nitrogens with one attached hydrogen (secondary N) is 1. The van der Waals surface area contributed by atoms with Crippen LogP contribution in [0.3, 0.4) is 0 Å². The van der Waals surface area contributed by atoms with Gasteiger partial charge in [-0.3, -0.25) is 4.79 Å². The fraction of sp³-hybridized carbons (Fsp3) is 0.0500. The highest BCUT2D eigenvalue weighted by molar-refractivity contribution is 6.04. The van der Waals surface area contributed by atoms with E-state index in [2.05, 4.69) is 41.7 Å². The van der Waals surface area contributed by atoms with E-state index in [1.54, 1.807) is 24.3 Å². The summed E-state index contributed by atoms with van der Waals surface area (Å²) in [6.07, 6.45) is 0.914. The van der Waals surface area contributed by atoms with Crippen molar-refractivity contribution in [3.63, 3.8) is 0 Å². The molecule has 3 heteroatoms. The van der Waals surface area contributed by atoms with Crippen molar-refractivity contribution in [1.82, 2.24) is 0 Å². The monoisotopic (exact) mass is 300 g/mol. The van der Waals surface area contributed by atoms with Gasteiger partial charge in [0, 0.05) is 16.9 Å². The molecular weight excluding hydrogens is 284 g/mol. The zero-order valence-electron chi connectivity index (χ0n) is 12.5. The molecule has 0 fully saturated rings. The van der Waals surface area contributed by atoms with Gasteiger partial charge in [0.25, 0.3) is 5.91 Å². The number of nitrogen functional groups attached to an aromatic ring is 1. The first-order valence-corrected chi connectivity index (χ1v) is 7.59. The molecule has 112 valence electrons. The lowest BCUT2D eigenvalue weighted by Crippen LogP contribution is -2.12. The number of hydrogen-bond acceptors (Lipinski definition) is 2. The molecule has 0 saturated heterocycles. The van der Waals surface area contributed by atoms with E-state index >= 15 is 0 Å². The van der Waals surface area contributed by atoms with Gasteiger partial charge in [-0.15, -0.1) is 0 Å². The average Bonchev–Trinajstić information content (AvgIpc) is 2.93. The van der Waals surface area contributed by atoms with E-state index in [-0.39, 0.29) is 5.91 Å². The van der Waals surface area contributed by atoms with Gasteiger partial charge in [0.1, 0.15) is 0 Å². The molecule has 3 aromatic carbocycles. The molecule has 0 heterocycles. The summed E-state index contributed by atoms with van der Waals surface area (Å²) in [5, 5.41) is 2.95. The minimum absolute atomic E-state index is 0.125. The molecule has 3 nitrogen and oxygen atoms in total. The summed E-state index contributed by atoms with van der Waals surface area (Å²) in [5.41, 5.74) is 12.9. The van der Waals surface area contributed by atoms with Gasteiger partial charge in [-0.2, -0.15) is 0 Å². The lowest BCUT2D eigenvalue weighted by molar-refractivity contribution is 0.102. The van der Waals surface area contributed by atoms with Crippen LogP contribution >= 0.6 is 0 Å². The van der Waals surface area contributed by atoms with Crippen LogP contribution in [0.2, 0.25) is 0 Å². The third-order valence-electron chi connectivity index (χ3n) is 4.22. The van der Waals surface area contributed by atoms with Crippen molar-refractivity contribution in [2.24, 2.45) is 0 Å². The third kappa shape index (κ3) is 2.46. The Bertz CT molecular complexity index is 898. The summed E-state index contributed by atoms with van der Waals surface area (Å²) in [6, 6.07) is 21.4. The molecule has 0 aliphatic heterocycles. The van der Waals surface area contributed by atoms with Gasteiger partial charge >= 0.3 is 0 Å². The summed E-state index contributed by atoms with van der Waals surface area (Å²) in [4.78, 5) is 12.3. The first kappa shape index (κ1) is 13.6. The fourth-order valence-corrected chi connectivity index (χ4v) is 3.06. The Hall–Kier alpha value is -3.07. The van der Waals surface area contributed by atoms with Crippen LogP contribution in [0.1, 0.15) is 21.5 Å². The van der Waals surface area contributed by atoms with E-state index in [0.717, 1.165) is 12.1 Å². The normalized spacial score (nSPS) is 11.7. The molecule has 0 radical (unpaired) electrons.